The number of halogens is 1. The second kappa shape index (κ2) is 8.73. The first-order valence-electron chi connectivity index (χ1n) is 9.34. The molecule has 0 unspecified atom stereocenters. The Morgan fingerprint density at radius 2 is 1.71 bits per heavy atom. The van der Waals surface area contributed by atoms with Crippen LogP contribution >= 0.6 is 0 Å². The van der Waals surface area contributed by atoms with E-state index in [4.69, 9.17) is 0 Å². The summed E-state index contributed by atoms with van der Waals surface area (Å²) in [6.45, 7) is 1.91. The Morgan fingerprint density at radius 3 is 2.32 bits per heavy atom. The lowest BCUT2D eigenvalue weighted by Gasteiger charge is -2.18. The topological polar surface area (TPSA) is 64.7 Å². The van der Waals surface area contributed by atoms with E-state index in [9.17, 15) is 14.0 Å². The Kier molecular flexibility index (Phi) is 6.13. The fourth-order valence-electron chi connectivity index (χ4n) is 3.16. The zero-order chi connectivity index (χ0) is 20.1. The summed E-state index contributed by atoms with van der Waals surface area (Å²) in [5.74, 6) is -1.99. The van der Waals surface area contributed by atoms with E-state index in [1.54, 1.807) is 12.1 Å². The minimum absolute atomic E-state index is 0.238. The van der Waals surface area contributed by atoms with Gasteiger partial charge in [-0.2, -0.15) is 0 Å². The van der Waals surface area contributed by atoms with Crippen LogP contribution in [0.1, 0.15) is 18.4 Å². The average Bonchev–Trinajstić information content (AvgIpc) is 3.21. The zero-order valence-corrected chi connectivity index (χ0v) is 16.2. The number of benzene rings is 2. The highest BCUT2D eigenvalue weighted by Gasteiger charge is 2.18. The Morgan fingerprint density at radius 1 is 1.04 bits per heavy atom. The SMILES string of the molecule is CN(C)c1ccc(CNC(=O)C(=O)Nc2ccc(N3CCCC3)c(F)c2)cc1. The molecule has 2 amide bonds. The number of nitrogens with zero attached hydrogens (tertiary/aromatic N) is 2. The summed E-state index contributed by atoms with van der Waals surface area (Å²) in [5.41, 5.74) is 2.72. The Balaban J connectivity index is 1.53. The van der Waals surface area contributed by atoms with Crippen LogP contribution in [0, 0.1) is 5.82 Å². The molecule has 0 aliphatic carbocycles. The quantitative estimate of drug-likeness (QED) is 0.778. The normalized spacial score (nSPS) is 13.3. The lowest BCUT2D eigenvalue weighted by atomic mass is 10.2. The number of nitrogens with one attached hydrogen (secondary N) is 2. The van der Waals surface area contributed by atoms with E-state index in [-0.39, 0.29) is 12.2 Å². The van der Waals surface area contributed by atoms with Crippen LogP contribution in [0.5, 0.6) is 0 Å². The maximum atomic E-state index is 14.3. The van der Waals surface area contributed by atoms with Crippen molar-refractivity contribution in [3.05, 3.63) is 53.8 Å². The standard InChI is InChI=1S/C21H25FN4O2/c1-25(2)17-8-5-15(6-9-17)14-23-20(27)21(28)24-16-7-10-19(18(22)13-16)26-11-3-4-12-26/h5-10,13H,3-4,11-12,14H2,1-2H3,(H,23,27)(H,24,28). The number of rotatable bonds is 5. The summed E-state index contributed by atoms with van der Waals surface area (Å²) in [4.78, 5) is 28.0. The van der Waals surface area contributed by atoms with Gasteiger partial charge in [-0.15, -0.1) is 0 Å². The molecule has 2 aromatic carbocycles. The second-order valence-electron chi connectivity index (χ2n) is 7.06. The van der Waals surface area contributed by atoms with Gasteiger partial charge in [0.15, 0.2) is 0 Å². The molecule has 6 nitrogen and oxygen atoms in total. The Hall–Kier alpha value is -3.09. The number of anilines is 3. The molecule has 1 aliphatic heterocycles. The molecule has 0 spiro atoms. The molecule has 1 saturated heterocycles. The van der Waals surface area contributed by atoms with Crippen LogP contribution < -0.4 is 20.4 Å². The second-order valence-corrected chi connectivity index (χ2v) is 7.06. The van der Waals surface area contributed by atoms with Gasteiger partial charge in [0.25, 0.3) is 0 Å². The van der Waals surface area contributed by atoms with Crippen molar-refractivity contribution in [2.45, 2.75) is 19.4 Å². The van der Waals surface area contributed by atoms with Crippen molar-refractivity contribution in [2.24, 2.45) is 0 Å². The van der Waals surface area contributed by atoms with Gasteiger partial charge >= 0.3 is 11.8 Å². The number of carbonyl (C=O) groups is 2. The van der Waals surface area contributed by atoms with Crippen LogP contribution in [0.25, 0.3) is 0 Å². The van der Waals surface area contributed by atoms with E-state index in [2.05, 4.69) is 10.6 Å². The molecule has 0 bridgehead atoms. The molecule has 0 aromatic heterocycles. The van der Waals surface area contributed by atoms with Crippen LogP contribution in [0.15, 0.2) is 42.5 Å². The van der Waals surface area contributed by atoms with Gasteiger partial charge in [0.1, 0.15) is 5.82 Å². The highest BCUT2D eigenvalue weighted by molar-refractivity contribution is 6.39. The lowest BCUT2D eigenvalue weighted by Crippen LogP contribution is -2.35. The predicted molar refractivity (Wildman–Crippen MR) is 109 cm³/mol. The van der Waals surface area contributed by atoms with E-state index in [0.717, 1.165) is 37.2 Å². The molecule has 0 saturated carbocycles. The van der Waals surface area contributed by atoms with Gasteiger partial charge in [-0.3, -0.25) is 9.59 Å². The van der Waals surface area contributed by atoms with Gasteiger partial charge in [-0.05, 0) is 48.7 Å². The van der Waals surface area contributed by atoms with Crippen molar-refractivity contribution < 1.29 is 14.0 Å². The van der Waals surface area contributed by atoms with Crippen molar-refractivity contribution in [3.8, 4) is 0 Å². The molecule has 0 atom stereocenters. The third-order valence-electron chi connectivity index (χ3n) is 4.76. The van der Waals surface area contributed by atoms with Gasteiger partial charge in [-0.25, -0.2) is 4.39 Å². The molecule has 148 valence electrons. The number of carbonyl (C=O) groups excluding carboxylic acids is 2. The fraction of sp³-hybridized carbons (Fsp3) is 0.333. The first kappa shape index (κ1) is 19.7. The highest BCUT2D eigenvalue weighted by atomic mass is 19.1. The molecule has 2 N–H and O–H groups in total. The van der Waals surface area contributed by atoms with E-state index in [1.165, 1.54) is 6.07 Å². The van der Waals surface area contributed by atoms with Crippen LogP contribution in [-0.2, 0) is 16.1 Å². The molecule has 0 radical (unpaired) electrons. The fourth-order valence-corrected chi connectivity index (χ4v) is 3.16. The first-order valence-corrected chi connectivity index (χ1v) is 9.34. The van der Waals surface area contributed by atoms with Gasteiger partial charge in [0, 0.05) is 45.1 Å². The maximum Gasteiger partial charge on any atom is 0.313 e. The summed E-state index contributed by atoms with van der Waals surface area (Å²) in [6.07, 6.45) is 2.10. The maximum absolute atomic E-state index is 14.3. The van der Waals surface area contributed by atoms with Crippen LogP contribution in [0.4, 0.5) is 21.5 Å². The van der Waals surface area contributed by atoms with Gasteiger partial charge < -0.3 is 20.4 Å². The van der Waals surface area contributed by atoms with Crippen LogP contribution in [0.3, 0.4) is 0 Å². The summed E-state index contributed by atoms with van der Waals surface area (Å²) in [5, 5.41) is 5.02. The number of hydrogen-bond donors (Lipinski definition) is 2. The third kappa shape index (κ3) is 4.79. The molecule has 1 heterocycles. The van der Waals surface area contributed by atoms with E-state index in [0.29, 0.717) is 5.69 Å². The van der Waals surface area contributed by atoms with Crippen molar-refractivity contribution in [1.82, 2.24) is 5.32 Å². The Bertz CT molecular complexity index is 846. The summed E-state index contributed by atoms with van der Waals surface area (Å²) in [6, 6.07) is 12.2. The third-order valence-corrected chi connectivity index (χ3v) is 4.76. The largest absolute Gasteiger partial charge is 0.378 e. The molecular formula is C21H25FN4O2. The monoisotopic (exact) mass is 384 g/mol. The van der Waals surface area contributed by atoms with Crippen molar-refractivity contribution in [2.75, 3.05) is 42.3 Å². The van der Waals surface area contributed by atoms with Crippen molar-refractivity contribution in [3.63, 3.8) is 0 Å². The van der Waals surface area contributed by atoms with E-state index >= 15 is 0 Å². The number of amides is 2. The lowest BCUT2D eigenvalue weighted by molar-refractivity contribution is -0.136. The zero-order valence-electron chi connectivity index (χ0n) is 16.2. The minimum Gasteiger partial charge on any atom is -0.378 e. The average molecular weight is 384 g/mol. The van der Waals surface area contributed by atoms with Crippen LogP contribution in [0.2, 0.25) is 0 Å². The molecule has 3 rings (SSSR count). The smallest absolute Gasteiger partial charge is 0.313 e. The van der Waals surface area contributed by atoms with E-state index < -0.39 is 17.6 Å². The van der Waals surface area contributed by atoms with Gasteiger partial charge in [0.05, 0.1) is 5.69 Å². The van der Waals surface area contributed by atoms with Crippen molar-refractivity contribution in [1.29, 1.82) is 0 Å². The van der Waals surface area contributed by atoms with E-state index in [1.807, 2.05) is 48.2 Å². The predicted octanol–water partition coefficient (Wildman–Crippen LogP) is 2.75. The Labute approximate surface area is 164 Å². The summed E-state index contributed by atoms with van der Waals surface area (Å²) < 4.78 is 14.3. The molecule has 1 fully saturated rings. The summed E-state index contributed by atoms with van der Waals surface area (Å²) in [7, 11) is 3.89. The van der Waals surface area contributed by atoms with Gasteiger partial charge in [0.2, 0.25) is 0 Å². The minimum atomic E-state index is -0.821. The summed E-state index contributed by atoms with van der Waals surface area (Å²) >= 11 is 0. The van der Waals surface area contributed by atoms with Crippen LogP contribution in [-0.4, -0.2) is 39.0 Å². The molecular weight excluding hydrogens is 359 g/mol. The van der Waals surface area contributed by atoms with Crippen molar-refractivity contribution >= 4 is 28.9 Å². The first-order chi connectivity index (χ1) is 13.4. The number of hydrogen-bond acceptors (Lipinski definition) is 4. The molecule has 28 heavy (non-hydrogen) atoms. The van der Waals surface area contributed by atoms with Gasteiger partial charge in [-0.1, -0.05) is 12.1 Å². The highest BCUT2D eigenvalue weighted by Crippen LogP contribution is 2.26. The molecule has 2 aromatic rings. The molecule has 7 heteroatoms. The molecule has 1 aliphatic rings.